The number of halogens is 2. The minimum atomic E-state index is -0.188. The first kappa shape index (κ1) is 20.7. The first-order chi connectivity index (χ1) is 15.1. The molecule has 0 saturated heterocycles. The zero-order valence-electron chi connectivity index (χ0n) is 17.4. The average Bonchev–Trinajstić information content (AvgIpc) is 3.17. The molecule has 6 heteroatoms. The summed E-state index contributed by atoms with van der Waals surface area (Å²) in [6.07, 6.45) is 7.66. The van der Waals surface area contributed by atoms with Crippen molar-refractivity contribution in [2.75, 3.05) is 5.32 Å². The van der Waals surface area contributed by atoms with Crippen molar-refractivity contribution in [2.45, 2.75) is 51.0 Å². The van der Waals surface area contributed by atoms with Gasteiger partial charge >= 0.3 is 0 Å². The number of pyridine rings is 1. The van der Waals surface area contributed by atoms with Crippen molar-refractivity contribution in [3.05, 3.63) is 65.1 Å². The van der Waals surface area contributed by atoms with Crippen LogP contribution in [0.3, 0.4) is 0 Å². The van der Waals surface area contributed by atoms with Gasteiger partial charge in [0, 0.05) is 17.6 Å². The molecule has 3 nitrogen and oxygen atoms in total. The van der Waals surface area contributed by atoms with Crippen LogP contribution in [0.25, 0.3) is 21.1 Å². The van der Waals surface area contributed by atoms with E-state index in [1.807, 2.05) is 18.3 Å². The van der Waals surface area contributed by atoms with Gasteiger partial charge in [-0.05, 0) is 92.8 Å². The maximum atomic E-state index is 13.8. The summed E-state index contributed by atoms with van der Waals surface area (Å²) >= 11 is 7.92. The van der Waals surface area contributed by atoms with E-state index in [-0.39, 0.29) is 5.82 Å². The highest BCUT2D eigenvalue weighted by molar-refractivity contribution is 7.22. The number of hydrogen-bond acceptors (Lipinski definition) is 4. The SMILES string of the molecule is CC(CC1CCC(c2ccnc3ccc(F)cc23)CC1)Nc1nc2c(Cl)cccc2s1. The van der Waals surface area contributed by atoms with E-state index in [4.69, 9.17) is 11.6 Å². The van der Waals surface area contributed by atoms with E-state index in [1.165, 1.54) is 24.5 Å². The van der Waals surface area contributed by atoms with Crippen molar-refractivity contribution in [1.29, 1.82) is 0 Å². The fraction of sp³-hybridized carbons (Fsp3) is 0.360. The number of para-hydroxylation sites is 1. The van der Waals surface area contributed by atoms with Crippen molar-refractivity contribution >= 4 is 49.2 Å². The van der Waals surface area contributed by atoms with E-state index in [1.54, 1.807) is 23.5 Å². The summed E-state index contributed by atoms with van der Waals surface area (Å²) in [4.78, 5) is 9.08. The number of anilines is 1. The van der Waals surface area contributed by atoms with Gasteiger partial charge in [0.05, 0.1) is 15.2 Å². The third-order valence-electron chi connectivity index (χ3n) is 6.45. The van der Waals surface area contributed by atoms with Crippen LogP contribution in [0.15, 0.2) is 48.7 Å². The lowest BCUT2D eigenvalue weighted by atomic mass is 9.76. The largest absolute Gasteiger partial charge is 0.359 e. The topological polar surface area (TPSA) is 37.8 Å². The number of rotatable bonds is 5. The minimum Gasteiger partial charge on any atom is -0.359 e. The van der Waals surface area contributed by atoms with Crippen LogP contribution >= 0.6 is 22.9 Å². The van der Waals surface area contributed by atoms with Crippen LogP contribution in [-0.2, 0) is 0 Å². The Bertz CT molecular complexity index is 1220. The van der Waals surface area contributed by atoms with Crippen molar-refractivity contribution in [1.82, 2.24) is 9.97 Å². The number of benzene rings is 2. The second kappa shape index (κ2) is 8.71. The molecule has 1 aliphatic rings. The molecule has 31 heavy (non-hydrogen) atoms. The number of nitrogens with zero attached hydrogens (tertiary/aromatic N) is 2. The summed E-state index contributed by atoms with van der Waals surface area (Å²) in [5, 5.41) is 6.19. The Hall–Kier alpha value is -2.24. The number of hydrogen-bond donors (Lipinski definition) is 1. The zero-order chi connectivity index (χ0) is 21.4. The molecule has 2 aromatic carbocycles. The predicted molar refractivity (Wildman–Crippen MR) is 129 cm³/mol. The lowest BCUT2D eigenvalue weighted by molar-refractivity contribution is 0.302. The third-order valence-corrected chi connectivity index (χ3v) is 7.71. The molecule has 1 N–H and O–H groups in total. The molecule has 0 bridgehead atoms. The zero-order valence-corrected chi connectivity index (χ0v) is 19.0. The molecule has 0 amide bonds. The summed E-state index contributed by atoms with van der Waals surface area (Å²) in [5.74, 6) is 0.992. The highest BCUT2D eigenvalue weighted by Gasteiger charge is 2.25. The first-order valence-electron chi connectivity index (χ1n) is 10.9. The molecular formula is C25H25ClFN3S. The molecule has 2 heterocycles. The average molecular weight is 454 g/mol. The van der Waals surface area contributed by atoms with Gasteiger partial charge in [0.15, 0.2) is 5.13 Å². The molecule has 5 rings (SSSR count). The summed E-state index contributed by atoms with van der Waals surface area (Å²) in [5.41, 5.74) is 3.01. The molecule has 1 fully saturated rings. The van der Waals surface area contributed by atoms with Crippen LogP contribution < -0.4 is 5.32 Å². The van der Waals surface area contributed by atoms with Gasteiger partial charge in [0.1, 0.15) is 11.3 Å². The summed E-state index contributed by atoms with van der Waals surface area (Å²) in [6.45, 7) is 2.24. The van der Waals surface area contributed by atoms with Crippen LogP contribution in [0, 0.1) is 11.7 Å². The Kier molecular flexibility index (Phi) is 5.81. The Labute approximate surface area is 190 Å². The van der Waals surface area contributed by atoms with Gasteiger partial charge in [-0.15, -0.1) is 0 Å². The first-order valence-corrected chi connectivity index (χ1v) is 12.1. The number of aromatic nitrogens is 2. The minimum absolute atomic E-state index is 0.188. The molecule has 0 aliphatic heterocycles. The summed E-state index contributed by atoms with van der Waals surface area (Å²) in [6, 6.07) is 13.3. The highest BCUT2D eigenvalue weighted by atomic mass is 35.5. The maximum Gasteiger partial charge on any atom is 0.184 e. The predicted octanol–water partition coefficient (Wildman–Crippen LogP) is 7.80. The van der Waals surface area contributed by atoms with Gasteiger partial charge in [0.25, 0.3) is 0 Å². The second-order valence-electron chi connectivity index (χ2n) is 8.67. The molecule has 1 unspecified atom stereocenters. The normalized spacial score (nSPS) is 20.2. The van der Waals surface area contributed by atoms with E-state index >= 15 is 0 Å². The van der Waals surface area contributed by atoms with Crippen molar-refractivity contribution < 1.29 is 4.39 Å². The number of nitrogens with one attached hydrogen (secondary N) is 1. The lowest BCUT2D eigenvalue weighted by Crippen LogP contribution is -2.22. The smallest absolute Gasteiger partial charge is 0.184 e. The number of thiazole rings is 1. The van der Waals surface area contributed by atoms with E-state index in [9.17, 15) is 4.39 Å². The van der Waals surface area contributed by atoms with Crippen molar-refractivity contribution in [2.24, 2.45) is 5.92 Å². The van der Waals surface area contributed by atoms with Gasteiger partial charge in [0.2, 0.25) is 0 Å². The Balaban J connectivity index is 1.21. The molecule has 4 aromatic rings. The van der Waals surface area contributed by atoms with Crippen molar-refractivity contribution in [3.8, 4) is 0 Å². The van der Waals surface area contributed by atoms with Crippen LogP contribution in [-0.4, -0.2) is 16.0 Å². The van der Waals surface area contributed by atoms with Gasteiger partial charge in [-0.2, -0.15) is 0 Å². The molecule has 0 spiro atoms. The molecule has 2 aromatic heterocycles. The fourth-order valence-corrected chi connectivity index (χ4v) is 6.23. The van der Waals surface area contributed by atoms with E-state index in [0.717, 1.165) is 45.5 Å². The molecular weight excluding hydrogens is 429 g/mol. The Morgan fingerprint density at radius 2 is 2.00 bits per heavy atom. The van der Waals surface area contributed by atoms with Crippen LogP contribution in [0.2, 0.25) is 5.02 Å². The maximum absolute atomic E-state index is 13.8. The Morgan fingerprint density at radius 1 is 1.16 bits per heavy atom. The molecule has 1 aliphatic carbocycles. The van der Waals surface area contributed by atoms with E-state index in [2.05, 4.69) is 34.3 Å². The van der Waals surface area contributed by atoms with Crippen molar-refractivity contribution in [3.63, 3.8) is 0 Å². The molecule has 0 radical (unpaired) electrons. The van der Waals surface area contributed by atoms with Gasteiger partial charge in [-0.1, -0.05) is 29.0 Å². The molecule has 160 valence electrons. The highest BCUT2D eigenvalue weighted by Crippen LogP contribution is 2.40. The molecule has 1 atom stereocenters. The van der Waals surface area contributed by atoms with Gasteiger partial charge in [-0.3, -0.25) is 4.98 Å². The van der Waals surface area contributed by atoms with Crippen LogP contribution in [0.4, 0.5) is 9.52 Å². The molecule has 1 saturated carbocycles. The Morgan fingerprint density at radius 3 is 2.81 bits per heavy atom. The number of fused-ring (bicyclic) bond motifs is 2. The van der Waals surface area contributed by atoms with Crippen LogP contribution in [0.1, 0.15) is 50.5 Å². The lowest BCUT2D eigenvalue weighted by Gasteiger charge is -2.31. The fourth-order valence-electron chi connectivity index (χ4n) is 4.95. The van der Waals surface area contributed by atoms with E-state index < -0.39 is 0 Å². The second-order valence-corrected chi connectivity index (χ2v) is 10.1. The standard InChI is InChI=1S/C25H25ClFN3S/c1-15(29-25-30-24-21(26)3-2-4-23(24)31-25)13-16-5-7-17(8-6-16)19-11-12-28-22-10-9-18(27)14-20(19)22/h2-4,9-12,14-17H,5-8,13H2,1H3,(H,29,30). The quantitative estimate of drug-likeness (QED) is 0.335. The van der Waals surface area contributed by atoms with E-state index in [0.29, 0.717) is 22.9 Å². The van der Waals surface area contributed by atoms with Gasteiger partial charge < -0.3 is 5.32 Å². The van der Waals surface area contributed by atoms with Crippen LogP contribution in [0.5, 0.6) is 0 Å². The third kappa shape index (κ3) is 4.39. The summed E-state index contributed by atoms with van der Waals surface area (Å²) < 4.78 is 14.9. The monoisotopic (exact) mass is 453 g/mol. The summed E-state index contributed by atoms with van der Waals surface area (Å²) in [7, 11) is 0. The van der Waals surface area contributed by atoms with Gasteiger partial charge in [-0.25, -0.2) is 9.37 Å².